The lowest BCUT2D eigenvalue weighted by molar-refractivity contribution is 0.926. The summed E-state index contributed by atoms with van der Waals surface area (Å²) in [7, 11) is 2.04. The topological polar surface area (TPSA) is 39.9 Å². The average molecular weight is 243 g/mol. The fraction of sp³-hybridized carbons (Fsp3) is 0.231. The Balaban J connectivity index is 2.12. The zero-order valence-electron chi connectivity index (χ0n) is 9.84. The molecular weight excluding hydrogens is 230 g/mol. The Morgan fingerprint density at radius 3 is 2.59 bits per heavy atom. The van der Waals surface area contributed by atoms with Crippen molar-refractivity contribution in [3.63, 3.8) is 0 Å². The normalized spacial score (nSPS) is 9.94. The van der Waals surface area contributed by atoms with Crippen molar-refractivity contribution in [1.82, 2.24) is 4.98 Å². The van der Waals surface area contributed by atoms with Gasteiger partial charge in [-0.25, -0.2) is 4.98 Å². The molecule has 0 saturated heterocycles. The predicted octanol–water partition coefficient (Wildman–Crippen LogP) is 2.96. The number of aryl methyl sites for hydroxylation is 1. The summed E-state index contributed by atoms with van der Waals surface area (Å²) >= 11 is 1.68. The summed E-state index contributed by atoms with van der Waals surface area (Å²) in [6, 6.07) is 9.73. The van der Waals surface area contributed by atoms with Gasteiger partial charge in [-0.05, 0) is 31.2 Å². The molecule has 0 radical (unpaired) electrons. The number of aromatic nitrogens is 1. The maximum atomic E-state index is 8.74. The van der Waals surface area contributed by atoms with E-state index < -0.39 is 0 Å². The Hall–Kier alpha value is -1.86. The molecule has 2 aromatic rings. The number of nitrogens with zero attached hydrogens (tertiary/aromatic N) is 3. The van der Waals surface area contributed by atoms with Crippen LogP contribution >= 0.6 is 11.3 Å². The minimum atomic E-state index is 0.691. The molecule has 0 spiro atoms. The summed E-state index contributed by atoms with van der Waals surface area (Å²) in [4.78, 5) is 7.67. The summed E-state index contributed by atoms with van der Waals surface area (Å²) in [5.41, 5.74) is 4.76. The molecule has 0 amide bonds. The number of nitriles is 1. The SMILES string of the molecule is Cc1ncsc1CN(C)c1ccc(C#N)cc1. The summed E-state index contributed by atoms with van der Waals surface area (Å²) in [6.45, 7) is 2.88. The molecule has 0 saturated carbocycles. The fourth-order valence-corrected chi connectivity index (χ4v) is 2.40. The van der Waals surface area contributed by atoms with Crippen LogP contribution in [-0.4, -0.2) is 12.0 Å². The molecule has 17 heavy (non-hydrogen) atoms. The van der Waals surface area contributed by atoms with Crippen LogP contribution in [0.15, 0.2) is 29.8 Å². The van der Waals surface area contributed by atoms with Gasteiger partial charge in [0.25, 0.3) is 0 Å². The smallest absolute Gasteiger partial charge is 0.0991 e. The van der Waals surface area contributed by atoms with Gasteiger partial charge in [-0.15, -0.1) is 11.3 Å². The highest BCUT2D eigenvalue weighted by molar-refractivity contribution is 7.09. The van der Waals surface area contributed by atoms with Crippen molar-refractivity contribution < 1.29 is 0 Å². The van der Waals surface area contributed by atoms with E-state index in [0.29, 0.717) is 5.56 Å². The van der Waals surface area contributed by atoms with Crippen LogP contribution in [-0.2, 0) is 6.54 Å². The van der Waals surface area contributed by atoms with Gasteiger partial charge in [-0.2, -0.15) is 5.26 Å². The van der Waals surface area contributed by atoms with E-state index in [4.69, 9.17) is 5.26 Å². The Morgan fingerprint density at radius 1 is 1.35 bits per heavy atom. The number of hydrogen-bond donors (Lipinski definition) is 0. The molecule has 0 aliphatic heterocycles. The van der Waals surface area contributed by atoms with E-state index in [0.717, 1.165) is 17.9 Å². The maximum Gasteiger partial charge on any atom is 0.0991 e. The molecule has 1 aromatic heterocycles. The Bertz CT molecular complexity index is 537. The van der Waals surface area contributed by atoms with Gasteiger partial charge in [0, 0.05) is 17.6 Å². The van der Waals surface area contributed by atoms with Gasteiger partial charge in [0.15, 0.2) is 0 Å². The van der Waals surface area contributed by atoms with Crippen molar-refractivity contribution in [2.45, 2.75) is 13.5 Å². The number of rotatable bonds is 3. The zero-order chi connectivity index (χ0) is 12.3. The molecule has 0 aliphatic carbocycles. The highest BCUT2D eigenvalue weighted by Crippen LogP contribution is 2.19. The molecule has 0 fully saturated rings. The first-order chi connectivity index (χ1) is 8.20. The molecule has 4 heteroatoms. The van der Waals surface area contributed by atoms with Gasteiger partial charge in [-0.3, -0.25) is 0 Å². The van der Waals surface area contributed by atoms with Crippen LogP contribution in [0.3, 0.4) is 0 Å². The first-order valence-electron chi connectivity index (χ1n) is 5.31. The molecule has 0 aliphatic rings. The first kappa shape index (κ1) is 11.6. The van der Waals surface area contributed by atoms with E-state index in [1.54, 1.807) is 11.3 Å². The van der Waals surface area contributed by atoms with E-state index >= 15 is 0 Å². The molecule has 86 valence electrons. The second-order valence-electron chi connectivity index (χ2n) is 3.88. The summed E-state index contributed by atoms with van der Waals surface area (Å²) in [5.74, 6) is 0. The molecule has 0 unspecified atom stereocenters. The van der Waals surface area contributed by atoms with E-state index in [-0.39, 0.29) is 0 Å². The number of thiazole rings is 1. The Kier molecular flexibility index (Phi) is 3.40. The average Bonchev–Trinajstić information content (AvgIpc) is 2.75. The minimum Gasteiger partial charge on any atom is -0.369 e. The standard InChI is InChI=1S/C13H13N3S/c1-10-13(17-9-15-10)8-16(2)12-5-3-11(7-14)4-6-12/h3-6,9H,8H2,1-2H3. The number of anilines is 1. The third kappa shape index (κ3) is 2.63. The molecule has 0 bridgehead atoms. The van der Waals surface area contributed by atoms with Gasteiger partial charge in [-0.1, -0.05) is 0 Å². The number of benzene rings is 1. The highest BCUT2D eigenvalue weighted by atomic mass is 32.1. The van der Waals surface area contributed by atoms with Crippen LogP contribution in [0.2, 0.25) is 0 Å². The third-order valence-corrected chi connectivity index (χ3v) is 3.58. The van der Waals surface area contributed by atoms with Crippen LogP contribution in [0.1, 0.15) is 16.1 Å². The van der Waals surface area contributed by atoms with E-state index in [1.165, 1.54) is 4.88 Å². The Labute approximate surface area is 105 Å². The largest absolute Gasteiger partial charge is 0.369 e. The lowest BCUT2D eigenvalue weighted by atomic mass is 10.2. The quantitative estimate of drug-likeness (QED) is 0.832. The molecular formula is C13H13N3S. The molecule has 3 nitrogen and oxygen atoms in total. The van der Waals surface area contributed by atoms with Crippen LogP contribution in [0.25, 0.3) is 0 Å². The molecule has 0 atom stereocenters. The first-order valence-corrected chi connectivity index (χ1v) is 6.19. The monoisotopic (exact) mass is 243 g/mol. The third-order valence-electron chi connectivity index (χ3n) is 2.66. The van der Waals surface area contributed by atoms with E-state index in [2.05, 4.69) is 16.0 Å². The minimum absolute atomic E-state index is 0.691. The van der Waals surface area contributed by atoms with Gasteiger partial charge < -0.3 is 4.90 Å². The fourth-order valence-electron chi connectivity index (χ4n) is 1.58. The van der Waals surface area contributed by atoms with Crippen molar-refractivity contribution in [3.05, 3.63) is 45.9 Å². The van der Waals surface area contributed by atoms with Crippen LogP contribution in [0.5, 0.6) is 0 Å². The second kappa shape index (κ2) is 4.98. The molecule has 0 N–H and O–H groups in total. The zero-order valence-corrected chi connectivity index (χ0v) is 10.7. The maximum absolute atomic E-state index is 8.74. The van der Waals surface area contributed by atoms with Crippen molar-refractivity contribution >= 4 is 17.0 Å². The summed E-state index contributed by atoms with van der Waals surface area (Å²) in [5, 5.41) is 8.74. The predicted molar refractivity (Wildman–Crippen MR) is 70.1 cm³/mol. The van der Waals surface area contributed by atoms with Crippen LogP contribution < -0.4 is 4.90 Å². The van der Waals surface area contributed by atoms with Crippen molar-refractivity contribution in [2.24, 2.45) is 0 Å². The Morgan fingerprint density at radius 2 is 2.06 bits per heavy atom. The van der Waals surface area contributed by atoms with Crippen molar-refractivity contribution in [3.8, 4) is 6.07 Å². The summed E-state index contributed by atoms with van der Waals surface area (Å²) < 4.78 is 0. The van der Waals surface area contributed by atoms with Crippen molar-refractivity contribution in [1.29, 1.82) is 5.26 Å². The van der Waals surface area contributed by atoms with Gasteiger partial charge >= 0.3 is 0 Å². The van der Waals surface area contributed by atoms with Crippen LogP contribution in [0.4, 0.5) is 5.69 Å². The van der Waals surface area contributed by atoms with E-state index in [1.807, 2.05) is 43.7 Å². The van der Waals surface area contributed by atoms with Gasteiger partial charge in [0.1, 0.15) is 0 Å². The van der Waals surface area contributed by atoms with Crippen molar-refractivity contribution in [2.75, 3.05) is 11.9 Å². The van der Waals surface area contributed by atoms with E-state index in [9.17, 15) is 0 Å². The molecule has 2 rings (SSSR count). The number of hydrogen-bond acceptors (Lipinski definition) is 4. The summed E-state index contributed by atoms with van der Waals surface area (Å²) in [6.07, 6.45) is 0. The van der Waals surface area contributed by atoms with Gasteiger partial charge in [0.2, 0.25) is 0 Å². The lowest BCUT2D eigenvalue weighted by Crippen LogP contribution is -2.16. The second-order valence-corrected chi connectivity index (χ2v) is 4.82. The lowest BCUT2D eigenvalue weighted by Gasteiger charge is -2.18. The molecule has 1 heterocycles. The van der Waals surface area contributed by atoms with Gasteiger partial charge in [0.05, 0.1) is 29.4 Å². The molecule has 1 aromatic carbocycles. The highest BCUT2D eigenvalue weighted by Gasteiger charge is 2.06. The van der Waals surface area contributed by atoms with Crippen LogP contribution in [0, 0.1) is 18.3 Å².